The number of aryl methyl sites for hydroxylation is 1. The number of β-amino-alcohol motifs (C(OH)–C–C–N with tert-alkyl or cyclic N) is 1. The normalized spacial score (nSPS) is 19.3. The average molecular weight is 585 g/mol. The van der Waals surface area contributed by atoms with Crippen LogP contribution in [0.3, 0.4) is 0 Å². The second-order valence-electron chi connectivity index (χ2n) is 10.9. The summed E-state index contributed by atoms with van der Waals surface area (Å²) >= 11 is 1.59. The predicted molar refractivity (Wildman–Crippen MR) is 156 cm³/mol. The molecule has 3 aromatic rings. The van der Waals surface area contributed by atoms with Gasteiger partial charge < -0.3 is 29.3 Å². The van der Waals surface area contributed by atoms with Gasteiger partial charge in [0, 0.05) is 25.6 Å². The molecule has 4 rings (SSSR count). The zero-order chi connectivity index (χ0) is 29.7. The third-order valence-corrected chi connectivity index (χ3v) is 8.28. The van der Waals surface area contributed by atoms with Crippen LogP contribution in [0.1, 0.15) is 70.0 Å². The molecule has 2 N–H and O–H groups in total. The maximum atomic E-state index is 13.8. The molecular formula is C30H40N4O6S. The van der Waals surface area contributed by atoms with Crippen molar-refractivity contribution in [1.29, 1.82) is 0 Å². The van der Waals surface area contributed by atoms with E-state index in [1.54, 1.807) is 17.4 Å². The predicted octanol–water partition coefficient (Wildman–Crippen LogP) is 4.49. The number of ether oxygens (including phenoxy) is 2. The summed E-state index contributed by atoms with van der Waals surface area (Å²) in [6.45, 7) is 12.5. The molecule has 0 saturated carbocycles. The molecule has 1 aromatic carbocycles. The van der Waals surface area contributed by atoms with Gasteiger partial charge in [0.2, 0.25) is 11.8 Å². The number of hydrogen-bond acceptors (Lipinski definition) is 9. The fourth-order valence-corrected chi connectivity index (χ4v) is 5.95. The molecule has 11 heteroatoms. The number of carbonyl (C=O) groups excluding carboxylic acids is 2. The Labute approximate surface area is 245 Å². The second kappa shape index (κ2) is 13.6. The minimum Gasteiger partial charge on any atom is -0.473 e. The number of amides is 2. The van der Waals surface area contributed by atoms with Crippen molar-refractivity contribution in [3.63, 3.8) is 0 Å². The number of likely N-dealkylation sites (tertiary alicyclic amines) is 1. The summed E-state index contributed by atoms with van der Waals surface area (Å²) in [7, 11) is 0. The number of benzene rings is 1. The van der Waals surface area contributed by atoms with E-state index in [0.29, 0.717) is 19.0 Å². The summed E-state index contributed by atoms with van der Waals surface area (Å²) in [5, 5.41) is 17.5. The van der Waals surface area contributed by atoms with Gasteiger partial charge >= 0.3 is 0 Å². The molecule has 10 nitrogen and oxygen atoms in total. The number of nitrogens with zero attached hydrogens (tertiary/aromatic N) is 3. The lowest BCUT2D eigenvalue weighted by molar-refractivity contribution is -0.141. The number of rotatable bonds is 12. The molecule has 3 heterocycles. The summed E-state index contributed by atoms with van der Waals surface area (Å²) in [4.78, 5) is 34.2. The van der Waals surface area contributed by atoms with E-state index in [2.05, 4.69) is 15.5 Å². The van der Waals surface area contributed by atoms with Gasteiger partial charge in [-0.15, -0.1) is 11.3 Å². The molecule has 1 aliphatic rings. The number of carbonyl (C=O) groups is 2. The molecule has 0 spiro atoms. The average Bonchev–Trinajstić information content (AvgIpc) is 3.67. The van der Waals surface area contributed by atoms with Crippen LogP contribution < -0.4 is 10.1 Å². The molecule has 0 radical (unpaired) electrons. The lowest BCUT2D eigenvalue weighted by atomic mass is 9.91. The van der Waals surface area contributed by atoms with Crippen molar-refractivity contribution in [3.05, 3.63) is 52.9 Å². The first-order valence-corrected chi connectivity index (χ1v) is 15.0. The van der Waals surface area contributed by atoms with Crippen molar-refractivity contribution in [1.82, 2.24) is 20.4 Å². The molecule has 1 saturated heterocycles. The first kappa shape index (κ1) is 30.7. The zero-order valence-electron chi connectivity index (χ0n) is 24.5. The summed E-state index contributed by atoms with van der Waals surface area (Å²) in [6.07, 6.45) is -0.747. The minimum atomic E-state index is -0.800. The molecule has 1 fully saturated rings. The van der Waals surface area contributed by atoms with Crippen LogP contribution in [0.15, 0.2) is 40.4 Å². The highest BCUT2D eigenvalue weighted by Gasteiger charge is 2.43. The monoisotopic (exact) mass is 584 g/mol. The minimum absolute atomic E-state index is 0.0702. The first-order chi connectivity index (χ1) is 19.6. The van der Waals surface area contributed by atoms with E-state index in [1.807, 2.05) is 71.3 Å². The van der Waals surface area contributed by atoms with Gasteiger partial charge in [-0.25, -0.2) is 4.98 Å². The van der Waals surface area contributed by atoms with Crippen molar-refractivity contribution in [2.75, 3.05) is 19.8 Å². The third kappa shape index (κ3) is 7.33. The molecule has 0 bridgehead atoms. The van der Waals surface area contributed by atoms with Crippen molar-refractivity contribution >= 4 is 23.2 Å². The van der Waals surface area contributed by atoms with Crippen LogP contribution in [0.4, 0.5) is 0 Å². The standard InChI is InChI=1S/C30H40N4O6S/c1-7-38-18(4)15-39-26-13-25(40-33-26)27(17(2)3)30(37)34-14-23(35)12-24(34)29(36)32-19(5)21-8-10-22(11-9-21)28-20(6)31-16-41-28/h8-11,13,16-19,23-24,27,35H,7,12,14-15H2,1-6H3,(H,32,36)/t18?,19-,23+,24-,27+/m0/s1. The molecule has 5 atom stereocenters. The van der Waals surface area contributed by atoms with Crippen molar-refractivity contribution in [2.45, 2.75) is 78.2 Å². The molecule has 41 heavy (non-hydrogen) atoms. The summed E-state index contributed by atoms with van der Waals surface area (Å²) in [5.41, 5.74) is 4.83. The number of aliphatic hydroxyl groups excluding tert-OH is 1. The van der Waals surface area contributed by atoms with Gasteiger partial charge in [-0.3, -0.25) is 9.59 Å². The lowest BCUT2D eigenvalue weighted by Gasteiger charge is -2.29. The van der Waals surface area contributed by atoms with Gasteiger partial charge in [0.1, 0.15) is 18.6 Å². The molecule has 1 unspecified atom stereocenters. The Bertz CT molecular complexity index is 1310. The first-order valence-electron chi connectivity index (χ1n) is 14.1. The zero-order valence-corrected chi connectivity index (χ0v) is 25.3. The van der Waals surface area contributed by atoms with E-state index in [1.165, 1.54) is 4.90 Å². The van der Waals surface area contributed by atoms with Crippen LogP contribution >= 0.6 is 11.3 Å². The van der Waals surface area contributed by atoms with Gasteiger partial charge in [0.05, 0.1) is 34.3 Å². The van der Waals surface area contributed by atoms with E-state index < -0.39 is 18.1 Å². The van der Waals surface area contributed by atoms with E-state index in [9.17, 15) is 14.7 Å². The Morgan fingerprint density at radius 1 is 1.22 bits per heavy atom. The van der Waals surface area contributed by atoms with E-state index >= 15 is 0 Å². The van der Waals surface area contributed by atoms with Crippen LogP contribution in [0.2, 0.25) is 0 Å². The van der Waals surface area contributed by atoms with E-state index in [0.717, 1.165) is 21.7 Å². The van der Waals surface area contributed by atoms with Crippen molar-refractivity contribution < 1.29 is 28.7 Å². The molecule has 1 aliphatic heterocycles. The quantitative estimate of drug-likeness (QED) is 0.319. The summed E-state index contributed by atoms with van der Waals surface area (Å²) in [6, 6.07) is 8.54. The summed E-state index contributed by atoms with van der Waals surface area (Å²) in [5.74, 6) is -0.810. The Balaban J connectivity index is 1.43. The fourth-order valence-electron chi connectivity index (χ4n) is 5.14. The van der Waals surface area contributed by atoms with Crippen LogP contribution in [0, 0.1) is 12.8 Å². The van der Waals surface area contributed by atoms with Crippen LogP contribution in [-0.2, 0) is 14.3 Å². The Hall–Kier alpha value is -3.28. The van der Waals surface area contributed by atoms with Crippen molar-refractivity contribution in [3.8, 4) is 16.3 Å². The highest BCUT2D eigenvalue weighted by molar-refractivity contribution is 7.13. The SMILES string of the molecule is CCOC(C)COc1cc([C@H](C(=O)N2C[C@H](O)C[C@H]2C(=O)N[C@@H](C)c2ccc(-c3scnc3C)cc2)C(C)C)on1. The molecule has 2 aromatic heterocycles. The number of aromatic nitrogens is 2. The molecule has 2 amide bonds. The second-order valence-corrected chi connectivity index (χ2v) is 11.7. The molecule has 222 valence electrons. The number of aliphatic hydroxyl groups is 1. The third-order valence-electron chi connectivity index (χ3n) is 7.30. The van der Waals surface area contributed by atoms with Crippen LogP contribution in [-0.4, -0.2) is 70.0 Å². The lowest BCUT2D eigenvalue weighted by Crippen LogP contribution is -2.48. The van der Waals surface area contributed by atoms with Gasteiger partial charge in [-0.05, 0) is 49.9 Å². The van der Waals surface area contributed by atoms with Gasteiger partial charge in [-0.1, -0.05) is 38.1 Å². The van der Waals surface area contributed by atoms with E-state index in [4.69, 9.17) is 14.0 Å². The number of nitrogens with one attached hydrogen (secondary N) is 1. The summed E-state index contributed by atoms with van der Waals surface area (Å²) < 4.78 is 16.7. The van der Waals surface area contributed by atoms with Crippen LogP contribution in [0.25, 0.3) is 10.4 Å². The van der Waals surface area contributed by atoms with Crippen molar-refractivity contribution in [2.24, 2.45) is 5.92 Å². The van der Waals surface area contributed by atoms with E-state index in [-0.39, 0.29) is 48.7 Å². The van der Waals surface area contributed by atoms with Gasteiger partial charge in [0.25, 0.3) is 5.88 Å². The van der Waals surface area contributed by atoms with Gasteiger partial charge in [-0.2, -0.15) is 0 Å². The highest BCUT2D eigenvalue weighted by Crippen LogP contribution is 2.33. The molecular weight excluding hydrogens is 544 g/mol. The largest absolute Gasteiger partial charge is 0.473 e. The number of hydrogen-bond donors (Lipinski definition) is 2. The Morgan fingerprint density at radius 3 is 2.59 bits per heavy atom. The van der Waals surface area contributed by atoms with Crippen LogP contribution in [0.5, 0.6) is 5.88 Å². The molecule has 0 aliphatic carbocycles. The number of thiazole rings is 1. The Morgan fingerprint density at radius 2 is 1.95 bits per heavy atom. The topological polar surface area (TPSA) is 127 Å². The maximum Gasteiger partial charge on any atom is 0.254 e. The maximum absolute atomic E-state index is 13.8. The fraction of sp³-hybridized carbons (Fsp3) is 0.533. The highest BCUT2D eigenvalue weighted by atomic mass is 32.1. The smallest absolute Gasteiger partial charge is 0.254 e. The van der Waals surface area contributed by atoms with Gasteiger partial charge in [0.15, 0.2) is 5.76 Å². The Kier molecular flexibility index (Phi) is 10.2.